The molecule has 1 aliphatic rings. The van der Waals surface area contributed by atoms with Crippen molar-refractivity contribution in [3.8, 4) is 0 Å². The molecule has 1 aliphatic heterocycles. The maximum absolute atomic E-state index is 10.3. The molecule has 1 atom stereocenters. The first-order valence-electron chi connectivity index (χ1n) is 9.25. The van der Waals surface area contributed by atoms with Crippen molar-refractivity contribution in [1.29, 1.82) is 0 Å². The van der Waals surface area contributed by atoms with Crippen LogP contribution in [0.15, 0.2) is 42.5 Å². The zero-order chi connectivity index (χ0) is 19.2. The molecule has 1 saturated heterocycles. The van der Waals surface area contributed by atoms with Gasteiger partial charge in [0.1, 0.15) is 0 Å². The second-order valence-corrected chi connectivity index (χ2v) is 7.89. The molecular weight excluding hydrogens is 383 g/mol. The monoisotopic (exact) mass is 408 g/mol. The zero-order valence-corrected chi connectivity index (χ0v) is 17.1. The summed E-state index contributed by atoms with van der Waals surface area (Å²) in [7, 11) is 0. The van der Waals surface area contributed by atoms with Crippen molar-refractivity contribution in [3.63, 3.8) is 0 Å². The molecule has 0 aliphatic carbocycles. The number of rotatable bonds is 7. The Morgan fingerprint density at radius 3 is 2.37 bits per heavy atom. The van der Waals surface area contributed by atoms with Crippen LogP contribution in [-0.2, 0) is 11.3 Å². The molecule has 6 heteroatoms. The molecule has 27 heavy (non-hydrogen) atoms. The summed E-state index contributed by atoms with van der Waals surface area (Å²) in [6.45, 7) is 7.24. The molecule has 0 spiro atoms. The molecule has 0 bridgehead atoms. The predicted molar refractivity (Wildman–Crippen MR) is 112 cm³/mol. The number of benzene rings is 2. The number of nitrogens with zero attached hydrogens (tertiary/aromatic N) is 2. The van der Waals surface area contributed by atoms with Crippen LogP contribution in [0.3, 0.4) is 0 Å². The Kier molecular flexibility index (Phi) is 7.39. The molecule has 2 aromatic carbocycles. The third kappa shape index (κ3) is 6.09. The van der Waals surface area contributed by atoms with Gasteiger partial charge in [0, 0.05) is 48.5 Å². The largest absolute Gasteiger partial charge is 0.389 e. The molecule has 146 valence electrons. The number of aryl methyl sites for hydroxylation is 1. The fourth-order valence-electron chi connectivity index (χ4n) is 3.34. The Bertz CT molecular complexity index is 731. The molecule has 1 heterocycles. The Balaban J connectivity index is 1.39. The number of hydrogen-bond donors (Lipinski definition) is 1. The van der Waals surface area contributed by atoms with E-state index in [4.69, 9.17) is 27.9 Å². The van der Waals surface area contributed by atoms with Gasteiger partial charge in [0.25, 0.3) is 0 Å². The summed E-state index contributed by atoms with van der Waals surface area (Å²) in [4.78, 5) is 4.65. The van der Waals surface area contributed by atoms with Gasteiger partial charge in [-0.25, -0.2) is 0 Å². The topological polar surface area (TPSA) is 35.9 Å². The van der Waals surface area contributed by atoms with Crippen LogP contribution in [0.4, 0.5) is 5.69 Å². The van der Waals surface area contributed by atoms with Gasteiger partial charge in [0.05, 0.1) is 19.3 Å². The average molecular weight is 409 g/mol. The third-order valence-electron chi connectivity index (χ3n) is 4.85. The molecular formula is C21H26Cl2N2O2. The van der Waals surface area contributed by atoms with Gasteiger partial charge >= 0.3 is 0 Å². The van der Waals surface area contributed by atoms with Gasteiger partial charge in [0.2, 0.25) is 0 Å². The van der Waals surface area contributed by atoms with E-state index in [1.54, 1.807) is 0 Å². The van der Waals surface area contributed by atoms with E-state index in [0.717, 1.165) is 36.8 Å². The van der Waals surface area contributed by atoms with Gasteiger partial charge in [-0.2, -0.15) is 0 Å². The van der Waals surface area contributed by atoms with E-state index < -0.39 is 6.10 Å². The first-order chi connectivity index (χ1) is 13.0. The first-order valence-corrected chi connectivity index (χ1v) is 10.0. The van der Waals surface area contributed by atoms with E-state index in [9.17, 15) is 5.11 Å². The van der Waals surface area contributed by atoms with E-state index in [-0.39, 0.29) is 0 Å². The number of aliphatic hydroxyl groups excluding tert-OH is 1. The average Bonchev–Trinajstić information content (AvgIpc) is 2.66. The third-order valence-corrected chi connectivity index (χ3v) is 5.33. The minimum Gasteiger partial charge on any atom is -0.389 e. The van der Waals surface area contributed by atoms with Crippen molar-refractivity contribution in [2.24, 2.45) is 0 Å². The Morgan fingerprint density at radius 1 is 1.00 bits per heavy atom. The Hall–Kier alpha value is -1.30. The minimum absolute atomic E-state index is 0.330. The highest BCUT2D eigenvalue weighted by atomic mass is 35.5. The van der Waals surface area contributed by atoms with Gasteiger partial charge in [-0.15, -0.1) is 0 Å². The molecule has 0 radical (unpaired) electrons. The van der Waals surface area contributed by atoms with Crippen LogP contribution in [0, 0.1) is 6.92 Å². The van der Waals surface area contributed by atoms with Crippen LogP contribution in [0.2, 0.25) is 10.0 Å². The van der Waals surface area contributed by atoms with Crippen molar-refractivity contribution in [2.45, 2.75) is 19.6 Å². The second-order valence-electron chi connectivity index (χ2n) is 7.01. The standard InChI is InChI=1S/C21H26Cl2N2O2/c1-16-2-5-19(23)12-21(16)25-10-8-24(9-11-25)13-20(26)15-27-14-17-3-6-18(22)7-4-17/h2-7,12,20,26H,8-11,13-15H2,1H3. The number of anilines is 1. The summed E-state index contributed by atoms with van der Waals surface area (Å²) in [5.41, 5.74) is 3.49. The highest BCUT2D eigenvalue weighted by Crippen LogP contribution is 2.25. The highest BCUT2D eigenvalue weighted by molar-refractivity contribution is 6.31. The lowest BCUT2D eigenvalue weighted by molar-refractivity contribution is 0.00914. The van der Waals surface area contributed by atoms with E-state index in [1.165, 1.54) is 11.3 Å². The van der Waals surface area contributed by atoms with Crippen molar-refractivity contribution in [2.75, 3.05) is 44.2 Å². The highest BCUT2D eigenvalue weighted by Gasteiger charge is 2.20. The summed E-state index contributed by atoms with van der Waals surface area (Å²) >= 11 is 12.0. The van der Waals surface area contributed by atoms with Crippen LogP contribution >= 0.6 is 23.2 Å². The van der Waals surface area contributed by atoms with Crippen molar-refractivity contribution < 1.29 is 9.84 Å². The van der Waals surface area contributed by atoms with Gasteiger partial charge in [-0.05, 0) is 42.3 Å². The minimum atomic E-state index is -0.489. The van der Waals surface area contributed by atoms with Crippen molar-refractivity contribution in [3.05, 3.63) is 63.6 Å². The second kappa shape index (κ2) is 9.76. The lowest BCUT2D eigenvalue weighted by Crippen LogP contribution is -2.49. The number of ether oxygens (including phenoxy) is 1. The van der Waals surface area contributed by atoms with Gasteiger partial charge < -0.3 is 14.7 Å². The molecule has 0 amide bonds. The van der Waals surface area contributed by atoms with Gasteiger partial charge in [-0.3, -0.25) is 4.90 Å². The lowest BCUT2D eigenvalue weighted by Gasteiger charge is -2.37. The number of hydrogen-bond acceptors (Lipinski definition) is 4. The zero-order valence-electron chi connectivity index (χ0n) is 15.6. The van der Waals surface area contributed by atoms with E-state index in [0.29, 0.717) is 24.8 Å². The summed E-state index contributed by atoms with van der Waals surface area (Å²) < 4.78 is 5.64. The maximum Gasteiger partial charge on any atom is 0.0900 e. The fourth-order valence-corrected chi connectivity index (χ4v) is 3.63. The Morgan fingerprint density at radius 2 is 1.67 bits per heavy atom. The van der Waals surface area contributed by atoms with Crippen LogP contribution in [0.1, 0.15) is 11.1 Å². The van der Waals surface area contributed by atoms with Crippen LogP contribution in [-0.4, -0.2) is 55.4 Å². The molecule has 0 aromatic heterocycles. The van der Waals surface area contributed by atoms with E-state index in [1.807, 2.05) is 36.4 Å². The van der Waals surface area contributed by atoms with Crippen LogP contribution in [0.5, 0.6) is 0 Å². The van der Waals surface area contributed by atoms with E-state index >= 15 is 0 Å². The summed E-state index contributed by atoms with van der Waals surface area (Å²) in [5.74, 6) is 0. The van der Waals surface area contributed by atoms with Gasteiger partial charge in [-0.1, -0.05) is 41.4 Å². The molecule has 1 fully saturated rings. The SMILES string of the molecule is Cc1ccc(Cl)cc1N1CCN(CC(O)COCc2ccc(Cl)cc2)CC1. The molecule has 1 N–H and O–H groups in total. The molecule has 0 saturated carbocycles. The number of piperazine rings is 1. The summed E-state index contributed by atoms with van der Waals surface area (Å²) in [6, 6.07) is 13.6. The molecule has 1 unspecified atom stereocenters. The molecule has 2 aromatic rings. The number of aliphatic hydroxyl groups is 1. The maximum atomic E-state index is 10.3. The number of halogens is 2. The van der Waals surface area contributed by atoms with Crippen LogP contribution in [0.25, 0.3) is 0 Å². The predicted octanol–water partition coefficient (Wildman–Crippen LogP) is 4.00. The summed E-state index contributed by atoms with van der Waals surface area (Å²) in [5, 5.41) is 11.8. The quantitative estimate of drug-likeness (QED) is 0.750. The molecule has 4 nitrogen and oxygen atoms in total. The lowest BCUT2D eigenvalue weighted by atomic mass is 10.1. The summed E-state index contributed by atoms with van der Waals surface area (Å²) in [6.07, 6.45) is -0.489. The van der Waals surface area contributed by atoms with E-state index in [2.05, 4.69) is 22.8 Å². The normalized spacial score (nSPS) is 16.5. The van der Waals surface area contributed by atoms with Crippen LogP contribution < -0.4 is 4.90 Å². The first kappa shape index (κ1) is 20.4. The smallest absolute Gasteiger partial charge is 0.0900 e. The number of β-amino-alcohol motifs (C(OH)–C–C–N with tert-alkyl or cyclic N) is 1. The van der Waals surface area contributed by atoms with Crippen molar-refractivity contribution in [1.82, 2.24) is 4.90 Å². The molecule has 3 rings (SSSR count). The van der Waals surface area contributed by atoms with Gasteiger partial charge in [0.15, 0.2) is 0 Å². The Labute approximate surface area is 171 Å². The fraction of sp³-hybridized carbons (Fsp3) is 0.429. The van der Waals surface area contributed by atoms with Crippen molar-refractivity contribution >= 4 is 28.9 Å².